The zero-order chi connectivity index (χ0) is 17.8. The lowest BCUT2D eigenvalue weighted by molar-refractivity contribution is -0.139. The molecule has 0 fully saturated rings. The fraction of sp³-hybridized carbons (Fsp3) is 0.250. The molecule has 3 aromatic rings. The Bertz CT molecular complexity index is 886. The minimum Gasteiger partial charge on any atom is -0.496 e. The molecule has 2 aromatic carbocycles. The van der Waals surface area contributed by atoms with Crippen molar-refractivity contribution < 1.29 is 14.6 Å². The predicted molar refractivity (Wildman–Crippen MR) is 98.0 cm³/mol. The quantitative estimate of drug-likeness (QED) is 0.618. The molecular weight excluding hydrogens is 316 g/mol. The molecule has 5 heteroatoms. The van der Waals surface area contributed by atoms with Crippen molar-refractivity contribution in [3.8, 4) is 5.75 Å². The second-order valence-electron chi connectivity index (χ2n) is 6.15. The van der Waals surface area contributed by atoms with Crippen LogP contribution in [0.5, 0.6) is 5.75 Å². The fourth-order valence-corrected chi connectivity index (χ4v) is 3.05. The molecular formula is C20H22N2O3. The van der Waals surface area contributed by atoms with Crippen molar-refractivity contribution in [3.63, 3.8) is 0 Å². The zero-order valence-electron chi connectivity index (χ0n) is 14.4. The van der Waals surface area contributed by atoms with Gasteiger partial charge in [0, 0.05) is 35.6 Å². The van der Waals surface area contributed by atoms with E-state index in [-0.39, 0.29) is 0 Å². The number of H-pyrrole nitrogens is 1. The van der Waals surface area contributed by atoms with Gasteiger partial charge < -0.3 is 14.8 Å². The maximum atomic E-state index is 11.7. The summed E-state index contributed by atoms with van der Waals surface area (Å²) in [5.41, 5.74) is 4.07. The first-order valence-electron chi connectivity index (χ1n) is 8.23. The Kier molecular flexibility index (Phi) is 5.05. The van der Waals surface area contributed by atoms with E-state index in [9.17, 15) is 9.90 Å². The predicted octanol–water partition coefficient (Wildman–Crippen LogP) is 3.27. The van der Waals surface area contributed by atoms with Crippen LogP contribution in [0.25, 0.3) is 10.9 Å². The summed E-state index contributed by atoms with van der Waals surface area (Å²) in [5.74, 6) is -0.105. The second kappa shape index (κ2) is 7.40. The molecule has 0 spiro atoms. The molecule has 1 aromatic heterocycles. The molecule has 25 heavy (non-hydrogen) atoms. The summed E-state index contributed by atoms with van der Waals surface area (Å²) in [4.78, 5) is 14.9. The van der Waals surface area contributed by atoms with Crippen LogP contribution >= 0.6 is 0 Å². The topological polar surface area (TPSA) is 74.3 Å². The summed E-state index contributed by atoms with van der Waals surface area (Å²) in [6, 6.07) is 13.1. The van der Waals surface area contributed by atoms with E-state index in [4.69, 9.17) is 4.74 Å². The monoisotopic (exact) mass is 338 g/mol. The Morgan fingerprint density at radius 2 is 2.04 bits per heavy atom. The number of aliphatic carboxylic acids is 1. The maximum absolute atomic E-state index is 11.7. The van der Waals surface area contributed by atoms with Crippen LogP contribution in [0.2, 0.25) is 0 Å². The van der Waals surface area contributed by atoms with Gasteiger partial charge in [0.25, 0.3) is 0 Å². The molecule has 0 aliphatic heterocycles. The van der Waals surface area contributed by atoms with E-state index in [1.165, 1.54) is 0 Å². The minimum atomic E-state index is -0.864. The number of hydrogen-bond donors (Lipinski definition) is 3. The number of carboxylic acids is 1. The number of carboxylic acid groups (broad SMARTS) is 1. The van der Waals surface area contributed by atoms with Crippen LogP contribution in [0.15, 0.2) is 48.7 Å². The molecule has 1 heterocycles. The van der Waals surface area contributed by atoms with Gasteiger partial charge in [-0.05, 0) is 24.6 Å². The lowest BCUT2D eigenvalue weighted by Crippen LogP contribution is -2.38. The van der Waals surface area contributed by atoms with Gasteiger partial charge in [-0.3, -0.25) is 10.1 Å². The van der Waals surface area contributed by atoms with Crippen LogP contribution in [-0.2, 0) is 17.8 Å². The van der Waals surface area contributed by atoms with Gasteiger partial charge in [-0.25, -0.2) is 0 Å². The van der Waals surface area contributed by atoms with Gasteiger partial charge >= 0.3 is 5.97 Å². The van der Waals surface area contributed by atoms with E-state index in [0.717, 1.165) is 33.3 Å². The van der Waals surface area contributed by atoms with E-state index in [2.05, 4.69) is 10.3 Å². The van der Waals surface area contributed by atoms with Crippen molar-refractivity contribution in [2.75, 3.05) is 7.11 Å². The Balaban J connectivity index is 1.76. The highest BCUT2D eigenvalue weighted by molar-refractivity contribution is 5.84. The van der Waals surface area contributed by atoms with Crippen molar-refractivity contribution in [3.05, 3.63) is 65.4 Å². The highest BCUT2D eigenvalue weighted by Gasteiger charge is 2.19. The van der Waals surface area contributed by atoms with Crippen LogP contribution in [0.3, 0.4) is 0 Å². The molecule has 0 radical (unpaired) electrons. The molecule has 0 aliphatic rings. The molecule has 130 valence electrons. The highest BCUT2D eigenvalue weighted by Crippen LogP contribution is 2.21. The number of nitrogens with one attached hydrogen (secondary N) is 2. The van der Waals surface area contributed by atoms with E-state index in [0.29, 0.717) is 13.0 Å². The van der Waals surface area contributed by atoms with Gasteiger partial charge in [-0.1, -0.05) is 35.9 Å². The number of ether oxygens (including phenoxy) is 1. The summed E-state index contributed by atoms with van der Waals surface area (Å²) in [6.45, 7) is 2.44. The van der Waals surface area contributed by atoms with E-state index < -0.39 is 12.0 Å². The number of hydrogen-bond acceptors (Lipinski definition) is 3. The number of benzene rings is 2. The lowest BCUT2D eigenvalue weighted by Gasteiger charge is -2.16. The average molecular weight is 338 g/mol. The first kappa shape index (κ1) is 17.0. The van der Waals surface area contributed by atoms with Crippen molar-refractivity contribution in [1.82, 2.24) is 10.3 Å². The number of rotatable bonds is 7. The Hall–Kier alpha value is -2.79. The Morgan fingerprint density at radius 1 is 1.24 bits per heavy atom. The van der Waals surface area contributed by atoms with Crippen LogP contribution in [0.4, 0.5) is 0 Å². The lowest BCUT2D eigenvalue weighted by atomic mass is 10.0. The number of fused-ring (bicyclic) bond motifs is 1. The highest BCUT2D eigenvalue weighted by atomic mass is 16.5. The summed E-state index contributed by atoms with van der Waals surface area (Å²) in [6.07, 6.45) is 2.29. The molecule has 0 aliphatic carbocycles. The van der Waals surface area contributed by atoms with Gasteiger partial charge in [-0.2, -0.15) is 0 Å². The number of aromatic amines is 1. The third kappa shape index (κ3) is 3.83. The summed E-state index contributed by atoms with van der Waals surface area (Å²) in [7, 11) is 1.62. The molecule has 0 amide bonds. The van der Waals surface area contributed by atoms with Crippen LogP contribution in [0.1, 0.15) is 16.7 Å². The zero-order valence-corrected chi connectivity index (χ0v) is 14.4. The first-order chi connectivity index (χ1) is 12.1. The number of aryl methyl sites for hydroxylation is 1. The van der Waals surface area contributed by atoms with Crippen molar-refractivity contribution >= 4 is 16.9 Å². The molecule has 3 N–H and O–H groups in total. The second-order valence-corrected chi connectivity index (χ2v) is 6.15. The van der Waals surface area contributed by atoms with E-state index in [1.807, 2.05) is 55.6 Å². The molecule has 1 atom stereocenters. The van der Waals surface area contributed by atoms with Crippen molar-refractivity contribution in [2.24, 2.45) is 0 Å². The largest absolute Gasteiger partial charge is 0.496 e. The number of para-hydroxylation sites is 1. The standard InChI is InChI=1S/C20H22N2O3/c1-13-7-8-19(25-2)15(9-13)12-22-18(20(23)24)10-14-11-21-17-6-4-3-5-16(14)17/h3-9,11,18,21-22H,10,12H2,1-2H3,(H,23,24). The third-order valence-corrected chi connectivity index (χ3v) is 4.37. The summed E-state index contributed by atoms with van der Waals surface area (Å²) >= 11 is 0. The smallest absolute Gasteiger partial charge is 0.321 e. The molecule has 3 rings (SSSR count). The summed E-state index contributed by atoms with van der Waals surface area (Å²) in [5, 5.41) is 13.8. The van der Waals surface area contributed by atoms with Crippen molar-refractivity contribution in [1.29, 1.82) is 0 Å². The molecule has 0 saturated heterocycles. The van der Waals surface area contributed by atoms with Gasteiger partial charge in [0.05, 0.1) is 7.11 Å². The third-order valence-electron chi connectivity index (χ3n) is 4.37. The summed E-state index contributed by atoms with van der Waals surface area (Å²) < 4.78 is 5.36. The van der Waals surface area contributed by atoms with Crippen LogP contribution in [0, 0.1) is 6.92 Å². The van der Waals surface area contributed by atoms with Crippen LogP contribution < -0.4 is 10.1 Å². The maximum Gasteiger partial charge on any atom is 0.321 e. The fourth-order valence-electron chi connectivity index (χ4n) is 3.05. The minimum absolute atomic E-state index is 0.410. The average Bonchev–Trinajstić information content (AvgIpc) is 3.01. The molecule has 0 saturated carbocycles. The normalized spacial score (nSPS) is 12.2. The van der Waals surface area contributed by atoms with E-state index in [1.54, 1.807) is 7.11 Å². The first-order valence-corrected chi connectivity index (χ1v) is 8.23. The molecule has 0 bridgehead atoms. The number of aromatic nitrogens is 1. The molecule has 1 unspecified atom stereocenters. The molecule has 5 nitrogen and oxygen atoms in total. The number of carbonyl (C=O) groups is 1. The van der Waals surface area contributed by atoms with Gasteiger partial charge in [-0.15, -0.1) is 0 Å². The SMILES string of the molecule is COc1ccc(C)cc1CNC(Cc1c[nH]c2ccccc12)C(=O)O. The number of methoxy groups -OCH3 is 1. The van der Waals surface area contributed by atoms with Gasteiger partial charge in [0.15, 0.2) is 0 Å². The van der Waals surface area contributed by atoms with Crippen molar-refractivity contribution in [2.45, 2.75) is 25.9 Å². The van der Waals surface area contributed by atoms with Crippen LogP contribution in [-0.4, -0.2) is 29.2 Å². The van der Waals surface area contributed by atoms with E-state index >= 15 is 0 Å². The van der Waals surface area contributed by atoms with Gasteiger partial charge in [0.2, 0.25) is 0 Å². The Morgan fingerprint density at radius 3 is 2.80 bits per heavy atom. The van der Waals surface area contributed by atoms with Gasteiger partial charge in [0.1, 0.15) is 11.8 Å². The Labute approximate surface area is 146 Å².